The molecule has 2 aromatic rings. The van der Waals surface area contributed by atoms with Crippen molar-refractivity contribution in [1.82, 2.24) is 0 Å². The maximum atomic E-state index is 5.83. The number of hydrogen-bond acceptors (Lipinski definition) is 1. The van der Waals surface area contributed by atoms with Gasteiger partial charge in [-0.3, -0.25) is 0 Å². The summed E-state index contributed by atoms with van der Waals surface area (Å²) < 4.78 is 2.30. The van der Waals surface area contributed by atoms with E-state index < -0.39 is 0 Å². The zero-order valence-corrected chi connectivity index (χ0v) is 12.7. The molecule has 0 unspecified atom stereocenters. The Labute approximate surface area is 130 Å². The lowest BCUT2D eigenvalue weighted by Crippen LogP contribution is -2.05. The monoisotopic (exact) mass is 287 g/mol. The van der Waals surface area contributed by atoms with Crippen LogP contribution in [0.2, 0.25) is 0 Å². The number of allylic oxidation sites excluding steroid dienone is 5. The Balaban J connectivity index is 1.68. The molecule has 4 rings (SSSR count). The van der Waals surface area contributed by atoms with Gasteiger partial charge in [-0.05, 0) is 28.5 Å². The standard InChI is InChI=1S/C20H18N2/c1-22-17(10-7-14-6-9-16(21)12-14)13-19-18-5-3-2-4-15(18)8-11-20(19)22/h2-11,21H,12-13H2,1H3/p+1. The molecule has 0 atom stereocenters. The Kier molecular flexibility index (Phi) is 2.97. The smallest absolute Gasteiger partial charge is 0.209 e. The molecule has 0 saturated carbocycles. The van der Waals surface area contributed by atoms with E-state index in [1.807, 2.05) is 6.08 Å². The minimum absolute atomic E-state index is 0.864. The Morgan fingerprint density at radius 1 is 1.00 bits per heavy atom. The van der Waals surface area contributed by atoms with Gasteiger partial charge in [0, 0.05) is 29.8 Å². The largest absolute Gasteiger partial charge is 0.402 e. The van der Waals surface area contributed by atoms with Crippen molar-refractivity contribution < 1.29 is 4.58 Å². The summed E-state index contributed by atoms with van der Waals surface area (Å²) in [6.45, 7) is 0. The first-order chi connectivity index (χ1) is 10.7. The van der Waals surface area contributed by atoms with Gasteiger partial charge < -0.3 is 5.73 Å². The highest BCUT2D eigenvalue weighted by atomic mass is 15.0. The van der Waals surface area contributed by atoms with Crippen molar-refractivity contribution in [3.8, 4) is 0 Å². The number of hydrogen-bond donors (Lipinski definition) is 1. The Morgan fingerprint density at radius 3 is 2.68 bits per heavy atom. The third kappa shape index (κ3) is 2.08. The predicted molar refractivity (Wildman–Crippen MR) is 92.6 cm³/mol. The van der Waals surface area contributed by atoms with E-state index in [1.165, 1.54) is 33.3 Å². The SMILES string of the molecule is C[N+]1=C(C=CC2=CC=C(N)C2)Cc2c1ccc1ccccc21. The number of fused-ring (bicyclic) bond motifs is 3. The average Bonchev–Trinajstić information content (AvgIpc) is 3.09. The number of rotatable bonds is 2. The molecule has 0 amide bonds. The van der Waals surface area contributed by atoms with Crippen LogP contribution < -0.4 is 5.73 Å². The number of benzene rings is 2. The third-order valence-electron chi connectivity index (χ3n) is 4.58. The molecule has 2 N–H and O–H groups in total. The van der Waals surface area contributed by atoms with Crippen LogP contribution in [0.4, 0.5) is 5.69 Å². The summed E-state index contributed by atoms with van der Waals surface area (Å²) in [5.74, 6) is 0. The van der Waals surface area contributed by atoms with Crippen molar-refractivity contribution in [3.05, 3.63) is 77.5 Å². The molecule has 108 valence electrons. The molecule has 22 heavy (non-hydrogen) atoms. The fourth-order valence-corrected chi connectivity index (χ4v) is 3.33. The normalized spacial score (nSPS) is 17.3. The first-order valence-corrected chi connectivity index (χ1v) is 7.66. The second kappa shape index (κ2) is 4.99. The van der Waals surface area contributed by atoms with Crippen molar-refractivity contribution in [2.75, 3.05) is 7.05 Å². The molecule has 0 radical (unpaired) electrons. The van der Waals surface area contributed by atoms with Gasteiger partial charge in [-0.1, -0.05) is 36.4 Å². The molecular weight excluding hydrogens is 268 g/mol. The fraction of sp³-hybridized carbons (Fsp3) is 0.150. The second-order valence-corrected chi connectivity index (χ2v) is 6.00. The quantitative estimate of drug-likeness (QED) is 0.835. The summed E-state index contributed by atoms with van der Waals surface area (Å²) in [5, 5.41) is 2.68. The van der Waals surface area contributed by atoms with E-state index in [1.54, 1.807) is 0 Å². The van der Waals surface area contributed by atoms with E-state index in [0.29, 0.717) is 0 Å². The molecule has 1 aliphatic carbocycles. The minimum Gasteiger partial charge on any atom is -0.402 e. The molecule has 2 heteroatoms. The Morgan fingerprint density at radius 2 is 1.86 bits per heavy atom. The summed E-state index contributed by atoms with van der Waals surface area (Å²) >= 11 is 0. The summed E-state index contributed by atoms with van der Waals surface area (Å²) in [5.41, 5.74) is 12.1. The highest BCUT2D eigenvalue weighted by Crippen LogP contribution is 2.32. The molecule has 2 aliphatic rings. The van der Waals surface area contributed by atoms with E-state index >= 15 is 0 Å². The minimum atomic E-state index is 0.864. The molecular formula is C20H19N2+. The van der Waals surface area contributed by atoms with Crippen molar-refractivity contribution in [3.63, 3.8) is 0 Å². The van der Waals surface area contributed by atoms with E-state index in [2.05, 4.69) is 66.2 Å². The van der Waals surface area contributed by atoms with Crippen LogP contribution in [0.5, 0.6) is 0 Å². The maximum absolute atomic E-state index is 5.83. The van der Waals surface area contributed by atoms with Crippen LogP contribution in [0.15, 0.2) is 72.0 Å². The molecule has 0 saturated heterocycles. The number of nitrogens with two attached hydrogens (primary N) is 1. The van der Waals surface area contributed by atoms with Gasteiger partial charge in [0.2, 0.25) is 5.69 Å². The lowest BCUT2D eigenvalue weighted by molar-refractivity contribution is -0.400. The highest BCUT2D eigenvalue weighted by Gasteiger charge is 2.26. The molecule has 2 nitrogen and oxygen atoms in total. The van der Waals surface area contributed by atoms with Gasteiger partial charge in [-0.25, -0.2) is 0 Å². The topological polar surface area (TPSA) is 29.0 Å². The van der Waals surface area contributed by atoms with Crippen molar-refractivity contribution in [2.24, 2.45) is 5.73 Å². The van der Waals surface area contributed by atoms with Crippen LogP contribution in [0.25, 0.3) is 10.8 Å². The van der Waals surface area contributed by atoms with Crippen LogP contribution in [-0.2, 0) is 6.42 Å². The van der Waals surface area contributed by atoms with Crippen LogP contribution in [-0.4, -0.2) is 17.3 Å². The number of nitrogens with zero attached hydrogens (tertiary/aromatic N) is 1. The molecule has 0 fully saturated rings. The highest BCUT2D eigenvalue weighted by molar-refractivity contribution is 6.01. The lowest BCUT2D eigenvalue weighted by atomic mass is 10.0. The molecule has 1 aliphatic heterocycles. The Hall–Kier alpha value is -2.61. The van der Waals surface area contributed by atoms with Crippen molar-refractivity contribution in [2.45, 2.75) is 12.8 Å². The first-order valence-electron chi connectivity index (χ1n) is 7.66. The third-order valence-corrected chi connectivity index (χ3v) is 4.58. The van der Waals surface area contributed by atoms with Crippen LogP contribution in [0, 0.1) is 0 Å². The summed E-state index contributed by atoms with van der Waals surface area (Å²) in [4.78, 5) is 0. The fourth-order valence-electron chi connectivity index (χ4n) is 3.33. The molecule has 2 aromatic carbocycles. The molecule has 1 heterocycles. The van der Waals surface area contributed by atoms with E-state index in [0.717, 1.165) is 18.5 Å². The molecule has 0 aromatic heterocycles. The predicted octanol–water partition coefficient (Wildman–Crippen LogP) is 3.84. The van der Waals surface area contributed by atoms with Crippen LogP contribution >= 0.6 is 0 Å². The average molecular weight is 287 g/mol. The second-order valence-electron chi connectivity index (χ2n) is 6.00. The summed E-state index contributed by atoms with van der Waals surface area (Å²) in [7, 11) is 2.15. The van der Waals surface area contributed by atoms with Crippen molar-refractivity contribution >= 4 is 22.2 Å². The van der Waals surface area contributed by atoms with Gasteiger partial charge in [0.1, 0.15) is 7.05 Å². The Bertz CT molecular complexity index is 895. The zero-order valence-electron chi connectivity index (χ0n) is 12.7. The first kappa shape index (κ1) is 13.1. The van der Waals surface area contributed by atoms with Gasteiger partial charge >= 0.3 is 0 Å². The van der Waals surface area contributed by atoms with Gasteiger partial charge in [0.05, 0.1) is 6.42 Å². The van der Waals surface area contributed by atoms with E-state index in [-0.39, 0.29) is 0 Å². The van der Waals surface area contributed by atoms with Crippen molar-refractivity contribution in [1.29, 1.82) is 0 Å². The van der Waals surface area contributed by atoms with E-state index in [9.17, 15) is 0 Å². The molecule has 0 spiro atoms. The summed E-state index contributed by atoms with van der Waals surface area (Å²) in [6, 6.07) is 13.1. The lowest BCUT2D eigenvalue weighted by Gasteiger charge is -2.01. The van der Waals surface area contributed by atoms with Gasteiger partial charge in [-0.15, -0.1) is 0 Å². The van der Waals surface area contributed by atoms with Gasteiger partial charge in [0.15, 0.2) is 5.71 Å². The molecule has 0 bridgehead atoms. The maximum Gasteiger partial charge on any atom is 0.209 e. The van der Waals surface area contributed by atoms with Gasteiger partial charge in [0.25, 0.3) is 0 Å². The van der Waals surface area contributed by atoms with E-state index in [4.69, 9.17) is 5.73 Å². The van der Waals surface area contributed by atoms with Gasteiger partial charge in [-0.2, -0.15) is 4.58 Å². The zero-order chi connectivity index (χ0) is 15.1. The van der Waals surface area contributed by atoms with Crippen LogP contribution in [0.3, 0.4) is 0 Å². The summed E-state index contributed by atoms with van der Waals surface area (Å²) in [6.07, 6.45) is 10.4. The van der Waals surface area contributed by atoms with Crippen LogP contribution in [0.1, 0.15) is 12.0 Å².